The molecule has 130 valence electrons. The van der Waals surface area contributed by atoms with Crippen LogP contribution in [0.15, 0.2) is 30.8 Å². The summed E-state index contributed by atoms with van der Waals surface area (Å²) in [5.41, 5.74) is 1.91. The second-order valence-electron chi connectivity index (χ2n) is 6.09. The number of nitrogens with zero attached hydrogens (tertiary/aromatic N) is 1. The molecule has 1 aromatic rings. The minimum atomic E-state index is -4.06. The van der Waals surface area contributed by atoms with Gasteiger partial charge in [-0.15, -0.1) is 0 Å². The summed E-state index contributed by atoms with van der Waals surface area (Å²) in [6.07, 6.45) is 2.56. The molecule has 0 amide bonds. The Morgan fingerprint density at radius 1 is 1.13 bits per heavy atom. The summed E-state index contributed by atoms with van der Waals surface area (Å²) >= 11 is 0. The standard InChI is InChI=1S/C18H29NO3S/c1-5-16-9-11-17(12-10-16)15-18(23(20,21)22)13-14-19(6-2,7-3)8-4/h5,9-12,18H,1,6-8,13-15H2,2-4H3/p+1. The Morgan fingerprint density at radius 3 is 2.04 bits per heavy atom. The molecule has 5 heteroatoms. The van der Waals surface area contributed by atoms with E-state index in [0.29, 0.717) is 12.8 Å². The zero-order valence-corrected chi connectivity index (χ0v) is 15.3. The van der Waals surface area contributed by atoms with Crippen LogP contribution in [0.25, 0.3) is 6.08 Å². The van der Waals surface area contributed by atoms with Crippen molar-refractivity contribution in [3.05, 3.63) is 42.0 Å². The first-order chi connectivity index (χ1) is 10.8. The van der Waals surface area contributed by atoms with Gasteiger partial charge in [-0.2, -0.15) is 8.42 Å². The Bertz CT molecular complexity index is 581. The van der Waals surface area contributed by atoms with Crippen LogP contribution in [0.5, 0.6) is 0 Å². The van der Waals surface area contributed by atoms with Crippen molar-refractivity contribution >= 4 is 16.2 Å². The summed E-state index contributed by atoms with van der Waals surface area (Å²) in [6, 6.07) is 7.62. The Balaban J connectivity index is 2.87. The van der Waals surface area contributed by atoms with E-state index in [-0.39, 0.29) is 0 Å². The van der Waals surface area contributed by atoms with Gasteiger partial charge in [-0.1, -0.05) is 36.9 Å². The molecule has 0 bridgehead atoms. The maximum absolute atomic E-state index is 11.8. The van der Waals surface area contributed by atoms with Gasteiger partial charge in [-0.3, -0.25) is 4.55 Å². The third kappa shape index (κ3) is 5.75. The number of hydrogen-bond acceptors (Lipinski definition) is 2. The molecule has 0 aromatic heterocycles. The Morgan fingerprint density at radius 2 is 1.65 bits per heavy atom. The van der Waals surface area contributed by atoms with Crippen molar-refractivity contribution in [1.29, 1.82) is 0 Å². The highest BCUT2D eigenvalue weighted by Gasteiger charge is 2.29. The molecule has 0 aliphatic heterocycles. The van der Waals surface area contributed by atoms with Gasteiger partial charge in [0.25, 0.3) is 10.1 Å². The van der Waals surface area contributed by atoms with Gasteiger partial charge in [-0.25, -0.2) is 0 Å². The molecule has 0 aliphatic carbocycles. The fourth-order valence-electron chi connectivity index (χ4n) is 2.97. The van der Waals surface area contributed by atoms with Gasteiger partial charge in [0.15, 0.2) is 0 Å². The van der Waals surface area contributed by atoms with E-state index in [1.807, 2.05) is 24.3 Å². The second-order valence-corrected chi connectivity index (χ2v) is 7.79. The first-order valence-corrected chi connectivity index (χ1v) is 9.83. The van der Waals surface area contributed by atoms with Crippen molar-refractivity contribution in [2.75, 3.05) is 26.2 Å². The lowest BCUT2D eigenvalue weighted by Gasteiger charge is -2.36. The zero-order valence-electron chi connectivity index (χ0n) is 14.5. The van der Waals surface area contributed by atoms with Crippen LogP contribution < -0.4 is 0 Å². The third-order valence-electron chi connectivity index (χ3n) is 5.04. The molecule has 1 atom stereocenters. The molecule has 0 spiro atoms. The van der Waals surface area contributed by atoms with E-state index in [4.69, 9.17) is 0 Å². The van der Waals surface area contributed by atoms with E-state index in [1.165, 1.54) is 0 Å². The van der Waals surface area contributed by atoms with Crippen molar-refractivity contribution in [3.8, 4) is 0 Å². The van der Waals surface area contributed by atoms with Crippen LogP contribution in [0.2, 0.25) is 0 Å². The summed E-state index contributed by atoms with van der Waals surface area (Å²) in [5.74, 6) is 0. The molecule has 1 rings (SSSR count). The quantitative estimate of drug-likeness (QED) is 0.525. The molecule has 0 fully saturated rings. The smallest absolute Gasteiger partial charge is 0.268 e. The van der Waals surface area contributed by atoms with Gasteiger partial charge in [-0.05, 0) is 38.3 Å². The van der Waals surface area contributed by atoms with Crippen LogP contribution >= 0.6 is 0 Å². The summed E-state index contributed by atoms with van der Waals surface area (Å²) < 4.78 is 34.0. The minimum absolute atomic E-state index is 0.341. The lowest BCUT2D eigenvalue weighted by atomic mass is 10.0. The van der Waals surface area contributed by atoms with Crippen molar-refractivity contribution in [1.82, 2.24) is 0 Å². The summed E-state index contributed by atoms with van der Waals surface area (Å²) in [4.78, 5) is 0. The average Bonchev–Trinajstić information content (AvgIpc) is 2.55. The third-order valence-corrected chi connectivity index (χ3v) is 6.28. The van der Waals surface area contributed by atoms with Crippen molar-refractivity contribution in [2.45, 2.75) is 38.9 Å². The Hall–Kier alpha value is -1.17. The van der Waals surface area contributed by atoms with Gasteiger partial charge in [0.2, 0.25) is 0 Å². The van der Waals surface area contributed by atoms with Crippen LogP contribution in [0.4, 0.5) is 0 Å². The highest BCUT2D eigenvalue weighted by Crippen LogP contribution is 2.17. The van der Waals surface area contributed by atoms with Gasteiger partial charge in [0.05, 0.1) is 31.4 Å². The first-order valence-electron chi connectivity index (χ1n) is 8.33. The van der Waals surface area contributed by atoms with Crippen LogP contribution in [0, 0.1) is 0 Å². The maximum atomic E-state index is 11.8. The van der Waals surface area contributed by atoms with Crippen molar-refractivity contribution in [2.24, 2.45) is 0 Å². The van der Waals surface area contributed by atoms with E-state index in [1.54, 1.807) is 6.08 Å². The van der Waals surface area contributed by atoms with E-state index < -0.39 is 15.4 Å². The van der Waals surface area contributed by atoms with E-state index in [2.05, 4.69) is 27.4 Å². The molecule has 0 saturated carbocycles. The first kappa shape index (κ1) is 19.9. The minimum Gasteiger partial charge on any atom is -0.324 e. The topological polar surface area (TPSA) is 54.4 Å². The second kappa shape index (κ2) is 8.62. The average molecular weight is 341 g/mol. The molecular weight excluding hydrogens is 310 g/mol. The highest BCUT2D eigenvalue weighted by atomic mass is 32.2. The highest BCUT2D eigenvalue weighted by molar-refractivity contribution is 7.86. The Labute approximate surface area is 141 Å². The monoisotopic (exact) mass is 340 g/mol. The molecule has 1 unspecified atom stereocenters. The molecule has 1 aromatic carbocycles. The van der Waals surface area contributed by atoms with Gasteiger partial charge < -0.3 is 4.48 Å². The Kier molecular flexibility index (Phi) is 7.45. The number of benzene rings is 1. The normalized spacial score (nSPS) is 13.7. The van der Waals surface area contributed by atoms with E-state index >= 15 is 0 Å². The van der Waals surface area contributed by atoms with Crippen molar-refractivity contribution < 1.29 is 17.5 Å². The number of rotatable bonds is 10. The molecule has 4 nitrogen and oxygen atoms in total. The fraction of sp³-hybridized carbons (Fsp3) is 0.556. The van der Waals surface area contributed by atoms with Gasteiger partial charge >= 0.3 is 0 Å². The molecule has 0 radical (unpaired) electrons. The lowest BCUT2D eigenvalue weighted by molar-refractivity contribution is -0.923. The van der Waals surface area contributed by atoms with Crippen LogP contribution in [0.3, 0.4) is 0 Å². The fourth-order valence-corrected chi connectivity index (χ4v) is 3.78. The lowest BCUT2D eigenvalue weighted by Crippen LogP contribution is -2.49. The molecule has 23 heavy (non-hydrogen) atoms. The molecule has 0 saturated heterocycles. The largest absolute Gasteiger partial charge is 0.324 e. The number of hydrogen-bond donors (Lipinski definition) is 1. The molecule has 0 heterocycles. The van der Waals surface area contributed by atoms with Gasteiger partial charge in [0, 0.05) is 6.42 Å². The van der Waals surface area contributed by atoms with Crippen molar-refractivity contribution in [3.63, 3.8) is 0 Å². The predicted molar refractivity (Wildman–Crippen MR) is 96.9 cm³/mol. The van der Waals surface area contributed by atoms with E-state index in [0.717, 1.165) is 41.8 Å². The molecule has 0 aliphatic rings. The number of quaternary nitrogens is 1. The summed E-state index contributed by atoms with van der Waals surface area (Å²) in [5, 5.41) is -0.751. The summed E-state index contributed by atoms with van der Waals surface area (Å²) in [7, 11) is -4.06. The molecular formula is C18H30NO3S+. The van der Waals surface area contributed by atoms with Gasteiger partial charge in [0.1, 0.15) is 0 Å². The van der Waals surface area contributed by atoms with Crippen LogP contribution in [-0.4, -0.2) is 48.9 Å². The SMILES string of the molecule is C=Cc1ccc(CC(CC[N+](CC)(CC)CC)S(=O)(=O)O)cc1. The molecule has 1 N–H and O–H groups in total. The van der Waals surface area contributed by atoms with E-state index in [9.17, 15) is 13.0 Å². The zero-order chi connectivity index (χ0) is 17.5. The van der Waals surface area contributed by atoms with Crippen LogP contribution in [0.1, 0.15) is 38.3 Å². The summed E-state index contributed by atoms with van der Waals surface area (Å²) in [6.45, 7) is 13.8. The maximum Gasteiger partial charge on any atom is 0.268 e. The van der Waals surface area contributed by atoms with Crippen LogP contribution in [-0.2, 0) is 16.5 Å². The predicted octanol–water partition coefficient (Wildman–Crippen LogP) is 3.40.